The number of aliphatic hydroxyl groups excluding tert-OH is 1. The predicted octanol–water partition coefficient (Wildman–Crippen LogP) is -1.20. The highest BCUT2D eigenvalue weighted by molar-refractivity contribution is 5.80. The standard InChI is InChI=1S/C8H18N2O3/c1-6(9)8(12)10(2)4-7(11)5-13-3/h6-7,11H,4-5,9H2,1-3H3/t6-,7?/m0/s1. The molecular formula is C8H18N2O3. The lowest BCUT2D eigenvalue weighted by Gasteiger charge is -2.21. The average Bonchev–Trinajstić information content (AvgIpc) is 2.03. The quantitative estimate of drug-likeness (QED) is 0.571. The minimum atomic E-state index is -0.655. The molecule has 0 fully saturated rings. The highest BCUT2D eigenvalue weighted by Crippen LogP contribution is 1.93. The van der Waals surface area contributed by atoms with Gasteiger partial charge in [-0.05, 0) is 6.92 Å². The Bertz CT molecular complexity index is 161. The molecule has 0 aliphatic rings. The largest absolute Gasteiger partial charge is 0.389 e. The fourth-order valence-corrected chi connectivity index (χ4v) is 0.999. The fourth-order valence-electron chi connectivity index (χ4n) is 0.999. The zero-order valence-corrected chi connectivity index (χ0v) is 8.36. The van der Waals surface area contributed by atoms with Crippen molar-refractivity contribution in [3.63, 3.8) is 0 Å². The van der Waals surface area contributed by atoms with Crippen LogP contribution in [0.2, 0.25) is 0 Å². The van der Waals surface area contributed by atoms with Gasteiger partial charge in [-0.3, -0.25) is 4.79 Å². The van der Waals surface area contributed by atoms with E-state index < -0.39 is 12.1 Å². The van der Waals surface area contributed by atoms with Gasteiger partial charge < -0.3 is 20.5 Å². The van der Waals surface area contributed by atoms with Crippen LogP contribution in [0.4, 0.5) is 0 Å². The second-order valence-electron chi connectivity index (χ2n) is 3.12. The summed E-state index contributed by atoms with van der Waals surface area (Å²) in [5.41, 5.74) is 5.38. The summed E-state index contributed by atoms with van der Waals surface area (Å²) >= 11 is 0. The molecule has 0 heterocycles. The molecule has 13 heavy (non-hydrogen) atoms. The third-order valence-electron chi connectivity index (χ3n) is 1.61. The van der Waals surface area contributed by atoms with Crippen LogP contribution in [0.1, 0.15) is 6.92 Å². The van der Waals surface area contributed by atoms with Crippen molar-refractivity contribution in [3.8, 4) is 0 Å². The Labute approximate surface area is 78.5 Å². The summed E-state index contributed by atoms with van der Waals surface area (Å²) in [5.74, 6) is -0.185. The maximum Gasteiger partial charge on any atom is 0.239 e. The molecule has 0 bridgehead atoms. The van der Waals surface area contributed by atoms with E-state index in [1.165, 1.54) is 12.0 Å². The predicted molar refractivity (Wildman–Crippen MR) is 49.2 cm³/mol. The van der Waals surface area contributed by atoms with Gasteiger partial charge in [0.05, 0.1) is 18.8 Å². The van der Waals surface area contributed by atoms with Crippen molar-refractivity contribution in [2.24, 2.45) is 5.73 Å². The normalized spacial score (nSPS) is 15.2. The minimum absolute atomic E-state index is 0.185. The van der Waals surface area contributed by atoms with Gasteiger partial charge in [0.25, 0.3) is 0 Å². The molecule has 0 aliphatic heterocycles. The van der Waals surface area contributed by atoms with Gasteiger partial charge >= 0.3 is 0 Å². The van der Waals surface area contributed by atoms with E-state index in [4.69, 9.17) is 10.5 Å². The lowest BCUT2D eigenvalue weighted by Crippen LogP contribution is -2.43. The Kier molecular flexibility index (Phi) is 5.61. The van der Waals surface area contributed by atoms with E-state index in [9.17, 15) is 9.90 Å². The topological polar surface area (TPSA) is 75.8 Å². The lowest BCUT2D eigenvalue weighted by atomic mass is 10.3. The molecular weight excluding hydrogens is 172 g/mol. The molecule has 0 rings (SSSR count). The van der Waals surface area contributed by atoms with Crippen molar-refractivity contribution in [2.45, 2.75) is 19.1 Å². The number of likely N-dealkylation sites (N-methyl/N-ethyl adjacent to an activating group) is 1. The Hall–Kier alpha value is -0.650. The molecule has 0 aromatic carbocycles. The molecule has 3 N–H and O–H groups in total. The van der Waals surface area contributed by atoms with Crippen molar-refractivity contribution in [1.82, 2.24) is 4.90 Å². The van der Waals surface area contributed by atoms with Crippen LogP contribution in [0.15, 0.2) is 0 Å². The number of hydrogen-bond acceptors (Lipinski definition) is 4. The molecule has 2 atom stereocenters. The number of methoxy groups -OCH3 is 1. The van der Waals surface area contributed by atoms with Crippen molar-refractivity contribution in [2.75, 3.05) is 27.3 Å². The van der Waals surface area contributed by atoms with Gasteiger partial charge in [-0.15, -0.1) is 0 Å². The zero-order chi connectivity index (χ0) is 10.4. The highest BCUT2D eigenvalue weighted by Gasteiger charge is 2.16. The van der Waals surface area contributed by atoms with Gasteiger partial charge in [-0.2, -0.15) is 0 Å². The van der Waals surface area contributed by atoms with Crippen molar-refractivity contribution < 1.29 is 14.6 Å². The number of hydrogen-bond donors (Lipinski definition) is 2. The van der Waals surface area contributed by atoms with Gasteiger partial charge in [0.2, 0.25) is 5.91 Å². The van der Waals surface area contributed by atoms with E-state index in [1.54, 1.807) is 14.0 Å². The van der Waals surface area contributed by atoms with Crippen molar-refractivity contribution in [3.05, 3.63) is 0 Å². The summed E-state index contributed by atoms with van der Waals surface area (Å²) in [7, 11) is 3.10. The van der Waals surface area contributed by atoms with Crippen LogP contribution < -0.4 is 5.73 Å². The van der Waals surface area contributed by atoms with Crippen LogP contribution in [0.25, 0.3) is 0 Å². The second-order valence-corrected chi connectivity index (χ2v) is 3.12. The molecule has 0 spiro atoms. The van der Waals surface area contributed by atoms with E-state index in [2.05, 4.69) is 0 Å². The van der Waals surface area contributed by atoms with E-state index in [-0.39, 0.29) is 19.1 Å². The van der Waals surface area contributed by atoms with E-state index in [0.29, 0.717) is 0 Å². The molecule has 0 radical (unpaired) electrons. The maximum atomic E-state index is 11.2. The van der Waals surface area contributed by atoms with Crippen LogP contribution in [-0.2, 0) is 9.53 Å². The number of nitrogens with zero attached hydrogens (tertiary/aromatic N) is 1. The number of carbonyl (C=O) groups is 1. The zero-order valence-electron chi connectivity index (χ0n) is 8.36. The molecule has 0 aliphatic carbocycles. The number of aliphatic hydroxyl groups is 1. The summed E-state index contributed by atoms with van der Waals surface area (Å²) in [5, 5.41) is 9.29. The van der Waals surface area contributed by atoms with E-state index in [1.807, 2.05) is 0 Å². The third-order valence-corrected chi connectivity index (χ3v) is 1.61. The summed E-state index contributed by atoms with van der Waals surface area (Å²) in [6.45, 7) is 2.08. The van der Waals surface area contributed by atoms with Gasteiger partial charge in [0, 0.05) is 20.7 Å². The summed E-state index contributed by atoms with van der Waals surface area (Å²) in [4.78, 5) is 12.6. The summed E-state index contributed by atoms with van der Waals surface area (Å²) in [6.07, 6.45) is -0.655. The Morgan fingerprint density at radius 2 is 2.23 bits per heavy atom. The molecule has 0 aromatic rings. The molecule has 0 saturated heterocycles. The molecule has 1 unspecified atom stereocenters. The second kappa shape index (κ2) is 5.90. The van der Waals surface area contributed by atoms with Crippen molar-refractivity contribution >= 4 is 5.91 Å². The van der Waals surface area contributed by atoms with Crippen molar-refractivity contribution in [1.29, 1.82) is 0 Å². The monoisotopic (exact) mass is 190 g/mol. The average molecular weight is 190 g/mol. The lowest BCUT2D eigenvalue weighted by molar-refractivity contribution is -0.132. The molecule has 5 heteroatoms. The van der Waals surface area contributed by atoms with Gasteiger partial charge in [-0.1, -0.05) is 0 Å². The SMILES string of the molecule is COCC(O)CN(C)C(=O)[C@H](C)N. The molecule has 0 saturated carbocycles. The van der Waals surface area contributed by atoms with Crippen LogP contribution in [0, 0.1) is 0 Å². The first-order valence-electron chi connectivity index (χ1n) is 4.16. The Balaban J connectivity index is 3.85. The molecule has 1 amide bonds. The minimum Gasteiger partial charge on any atom is -0.389 e. The first kappa shape index (κ1) is 12.3. The Morgan fingerprint density at radius 1 is 1.69 bits per heavy atom. The van der Waals surface area contributed by atoms with Gasteiger partial charge in [0.15, 0.2) is 0 Å². The highest BCUT2D eigenvalue weighted by atomic mass is 16.5. The van der Waals surface area contributed by atoms with Crippen LogP contribution in [-0.4, -0.2) is 55.4 Å². The van der Waals surface area contributed by atoms with E-state index in [0.717, 1.165) is 0 Å². The molecule has 5 nitrogen and oxygen atoms in total. The molecule has 0 aromatic heterocycles. The maximum absolute atomic E-state index is 11.2. The summed E-state index contributed by atoms with van der Waals surface area (Å²) < 4.78 is 4.73. The first-order chi connectivity index (χ1) is 5.99. The number of amides is 1. The van der Waals surface area contributed by atoms with Crippen LogP contribution in [0.3, 0.4) is 0 Å². The fraction of sp³-hybridized carbons (Fsp3) is 0.875. The Morgan fingerprint density at radius 3 is 2.62 bits per heavy atom. The third kappa shape index (κ3) is 4.82. The van der Waals surface area contributed by atoms with Gasteiger partial charge in [0.1, 0.15) is 0 Å². The van der Waals surface area contributed by atoms with E-state index >= 15 is 0 Å². The van der Waals surface area contributed by atoms with Crippen LogP contribution in [0.5, 0.6) is 0 Å². The summed E-state index contributed by atoms with van der Waals surface area (Å²) in [6, 6.07) is -0.528. The first-order valence-corrected chi connectivity index (χ1v) is 4.16. The number of rotatable bonds is 5. The van der Waals surface area contributed by atoms with Crippen LogP contribution >= 0.6 is 0 Å². The smallest absolute Gasteiger partial charge is 0.239 e. The number of ether oxygens (including phenoxy) is 1. The number of carbonyl (C=O) groups excluding carboxylic acids is 1. The van der Waals surface area contributed by atoms with Gasteiger partial charge in [-0.25, -0.2) is 0 Å². The molecule has 78 valence electrons. The number of nitrogens with two attached hydrogens (primary N) is 1.